The lowest BCUT2D eigenvalue weighted by Crippen LogP contribution is -2.21. The molecule has 1 atom stereocenters. The fraction of sp³-hybridized carbons (Fsp3) is 0.500. The molecule has 1 heterocycles. The summed E-state index contributed by atoms with van der Waals surface area (Å²) in [5.74, 6) is 0.184. The number of aliphatic hydroxyl groups excluding tert-OH is 1. The van der Waals surface area contributed by atoms with E-state index in [4.69, 9.17) is 5.11 Å². The van der Waals surface area contributed by atoms with Crippen molar-refractivity contribution in [3.8, 4) is 0 Å². The second-order valence-corrected chi connectivity index (χ2v) is 5.16. The SMILES string of the molecule is OCC1CCN(Cc2cc(F)ccc2Br)C1. The lowest BCUT2D eigenvalue weighted by molar-refractivity contribution is 0.220. The second-order valence-electron chi connectivity index (χ2n) is 4.31. The van der Waals surface area contributed by atoms with Crippen molar-refractivity contribution in [1.29, 1.82) is 0 Å². The first kappa shape index (κ1) is 12.0. The number of halogens is 2. The van der Waals surface area contributed by atoms with Gasteiger partial charge in [-0.2, -0.15) is 0 Å². The minimum atomic E-state index is -0.198. The Morgan fingerprint density at radius 1 is 1.50 bits per heavy atom. The number of hydrogen-bond donors (Lipinski definition) is 1. The number of aliphatic hydroxyl groups is 1. The fourth-order valence-electron chi connectivity index (χ4n) is 2.11. The van der Waals surface area contributed by atoms with Crippen LogP contribution < -0.4 is 0 Å². The predicted octanol–water partition coefficient (Wildman–Crippen LogP) is 2.40. The molecule has 1 aromatic carbocycles. The van der Waals surface area contributed by atoms with Gasteiger partial charge in [0.05, 0.1) is 0 Å². The topological polar surface area (TPSA) is 23.5 Å². The zero-order chi connectivity index (χ0) is 11.5. The van der Waals surface area contributed by atoms with Crippen LogP contribution in [0.25, 0.3) is 0 Å². The molecule has 1 N–H and O–H groups in total. The molecule has 4 heteroatoms. The first-order chi connectivity index (χ1) is 7.69. The molecular formula is C12H15BrFNO. The van der Waals surface area contributed by atoms with Gasteiger partial charge in [-0.3, -0.25) is 4.90 Å². The Morgan fingerprint density at radius 3 is 3.00 bits per heavy atom. The molecule has 0 spiro atoms. The molecule has 0 aliphatic carbocycles. The summed E-state index contributed by atoms with van der Waals surface area (Å²) in [5, 5.41) is 9.05. The Hall–Kier alpha value is -0.450. The summed E-state index contributed by atoms with van der Waals surface area (Å²) in [6.07, 6.45) is 1.03. The van der Waals surface area contributed by atoms with Crippen LogP contribution in [0, 0.1) is 11.7 Å². The monoisotopic (exact) mass is 287 g/mol. The molecular weight excluding hydrogens is 273 g/mol. The summed E-state index contributed by atoms with van der Waals surface area (Å²) in [5.41, 5.74) is 0.971. The third-order valence-electron chi connectivity index (χ3n) is 3.03. The number of rotatable bonds is 3. The van der Waals surface area contributed by atoms with Gasteiger partial charge in [0.2, 0.25) is 0 Å². The van der Waals surface area contributed by atoms with E-state index in [1.807, 2.05) is 0 Å². The Labute approximate surface area is 103 Å². The minimum absolute atomic E-state index is 0.198. The summed E-state index contributed by atoms with van der Waals surface area (Å²) >= 11 is 3.43. The van der Waals surface area contributed by atoms with Gasteiger partial charge in [-0.25, -0.2) is 4.39 Å². The van der Waals surface area contributed by atoms with Crippen LogP contribution in [0.4, 0.5) is 4.39 Å². The minimum Gasteiger partial charge on any atom is -0.396 e. The van der Waals surface area contributed by atoms with Gasteiger partial charge in [0.1, 0.15) is 5.82 Å². The molecule has 0 saturated carbocycles. The first-order valence-corrected chi connectivity index (χ1v) is 6.25. The average Bonchev–Trinajstić information content (AvgIpc) is 2.71. The Kier molecular flexibility index (Phi) is 3.95. The maximum atomic E-state index is 13.1. The first-order valence-electron chi connectivity index (χ1n) is 5.46. The largest absolute Gasteiger partial charge is 0.396 e. The molecule has 1 fully saturated rings. The third kappa shape index (κ3) is 2.81. The van der Waals surface area contributed by atoms with E-state index in [1.165, 1.54) is 6.07 Å². The van der Waals surface area contributed by atoms with E-state index in [2.05, 4.69) is 20.8 Å². The summed E-state index contributed by atoms with van der Waals surface area (Å²) in [6, 6.07) is 4.76. The molecule has 2 nitrogen and oxygen atoms in total. The van der Waals surface area contributed by atoms with Crippen LogP contribution in [0.5, 0.6) is 0 Å². The van der Waals surface area contributed by atoms with E-state index < -0.39 is 0 Å². The average molecular weight is 288 g/mol. The predicted molar refractivity (Wildman–Crippen MR) is 64.6 cm³/mol. The van der Waals surface area contributed by atoms with E-state index in [9.17, 15) is 4.39 Å². The molecule has 0 bridgehead atoms. The molecule has 1 aromatic rings. The maximum absolute atomic E-state index is 13.1. The highest BCUT2D eigenvalue weighted by Crippen LogP contribution is 2.23. The fourth-order valence-corrected chi connectivity index (χ4v) is 2.48. The van der Waals surface area contributed by atoms with Crippen molar-refractivity contribution in [2.24, 2.45) is 5.92 Å². The molecule has 0 radical (unpaired) electrons. The van der Waals surface area contributed by atoms with Crippen LogP contribution in [0.15, 0.2) is 22.7 Å². The zero-order valence-corrected chi connectivity index (χ0v) is 10.6. The highest BCUT2D eigenvalue weighted by molar-refractivity contribution is 9.10. The van der Waals surface area contributed by atoms with Crippen molar-refractivity contribution in [3.05, 3.63) is 34.1 Å². The van der Waals surface area contributed by atoms with Gasteiger partial charge in [0.15, 0.2) is 0 Å². The van der Waals surface area contributed by atoms with E-state index in [1.54, 1.807) is 12.1 Å². The van der Waals surface area contributed by atoms with Crippen LogP contribution in [0.2, 0.25) is 0 Å². The molecule has 16 heavy (non-hydrogen) atoms. The highest BCUT2D eigenvalue weighted by atomic mass is 79.9. The van der Waals surface area contributed by atoms with Crippen LogP contribution >= 0.6 is 15.9 Å². The molecule has 0 amide bonds. The standard InChI is InChI=1S/C12H15BrFNO/c13-12-2-1-11(14)5-10(12)7-15-4-3-9(6-15)8-16/h1-2,5,9,16H,3-4,6-8H2. The van der Waals surface area contributed by atoms with E-state index >= 15 is 0 Å². The lowest BCUT2D eigenvalue weighted by Gasteiger charge is -2.16. The quantitative estimate of drug-likeness (QED) is 0.923. The van der Waals surface area contributed by atoms with Crippen LogP contribution in [-0.4, -0.2) is 29.7 Å². The Balaban J connectivity index is 2.01. The van der Waals surface area contributed by atoms with Gasteiger partial charge >= 0.3 is 0 Å². The molecule has 0 aromatic heterocycles. The van der Waals surface area contributed by atoms with E-state index in [0.29, 0.717) is 5.92 Å². The van der Waals surface area contributed by atoms with E-state index in [-0.39, 0.29) is 12.4 Å². The second kappa shape index (κ2) is 5.25. The van der Waals surface area contributed by atoms with Crippen molar-refractivity contribution in [3.63, 3.8) is 0 Å². The smallest absolute Gasteiger partial charge is 0.123 e. The lowest BCUT2D eigenvalue weighted by atomic mass is 10.1. The summed E-state index contributed by atoms with van der Waals surface area (Å²) in [4.78, 5) is 2.25. The number of hydrogen-bond acceptors (Lipinski definition) is 2. The summed E-state index contributed by atoms with van der Waals surface area (Å²) in [7, 11) is 0. The summed E-state index contributed by atoms with van der Waals surface area (Å²) in [6.45, 7) is 2.88. The summed E-state index contributed by atoms with van der Waals surface area (Å²) < 4.78 is 14.0. The molecule has 1 saturated heterocycles. The van der Waals surface area contributed by atoms with Gasteiger partial charge in [-0.05, 0) is 42.6 Å². The molecule has 1 aliphatic rings. The molecule has 2 rings (SSSR count). The van der Waals surface area contributed by atoms with Gasteiger partial charge in [0.25, 0.3) is 0 Å². The Bertz CT molecular complexity index is 372. The van der Waals surface area contributed by atoms with Crippen molar-refractivity contribution in [2.75, 3.05) is 19.7 Å². The van der Waals surface area contributed by atoms with Crippen molar-refractivity contribution >= 4 is 15.9 Å². The van der Waals surface area contributed by atoms with Gasteiger partial charge in [0, 0.05) is 24.2 Å². The van der Waals surface area contributed by atoms with Crippen molar-refractivity contribution in [2.45, 2.75) is 13.0 Å². The van der Waals surface area contributed by atoms with Gasteiger partial charge in [-0.15, -0.1) is 0 Å². The van der Waals surface area contributed by atoms with Crippen LogP contribution in [0.1, 0.15) is 12.0 Å². The third-order valence-corrected chi connectivity index (χ3v) is 3.80. The molecule has 1 unspecified atom stereocenters. The highest BCUT2D eigenvalue weighted by Gasteiger charge is 2.22. The molecule has 1 aliphatic heterocycles. The maximum Gasteiger partial charge on any atom is 0.123 e. The Morgan fingerprint density at radius 2 is 2.31 bits per heavy atom. The van der Waals surface area contributed by atoms with Gasteiger partial charge in [-0.1, -0.05) is 15.9 Å². The van der Waals surface area contributed by atoms with E-state index in [0.717, 1.165) is 36.1 Å². The normalized spacial score (nSPS) is 21.6. The number of nitrogens with zero attached hydrogens (tertiary/aromatic N) is 1. The zero-order valence-electron chi connectivity index (χ0n) is 9.00. The van der Waals surface area contributed by atoms with Gasteiger partial charge < -0.3 is 5.11 Å². The van der Waals surface area contributed by atoms with Crippen molar-refractivity contribution < 1.29 is 9.50 Å². The molecule has 88 valence electrons. The number of likely N-dealkylation sites (tertiary alicyclic amines) is 1. The van der Waals surface area contributed by atoms with Crippen LogP contribution in [0.3, 0.4) is 0 Å². The van der Waals surface area contributed by atoms with Crippen molar-refractivity contribution in [1.82, 2.24) is 4.90 Å². The van der Waals surface area contributed by atoms with Crippen LogP contribution in [-0.2, 0) is 6.54 Å². The number of benzene rings is 1.